The molecule has 0 atom stereocenters. The van der Waals surface area contributed by atoms with E-state index in [2.05, 4.69) is 26.2 Å². The van der Waals surface area contributed by atoms with Crippen LogP contribution in [0.5, 0.6) is 40.2 Å². The molecule has 2 aromatic carbocycles. The number of rotatable bonds is 15. The van der Waals surface area contributed by atoms with E-state index in [0.29, 0.717) is 61.9 Å². The van der Waals surface area contributed by atoms with Crippen LogP contribution in [0.2, 0.25) is 0 Å². The zero-order chi connectivity index (χ0) is 30.6. The topological polar surface area (TPSA) is 107 Å². The van der Waals surface area contributed by atoms with Crippen LogP contribution in [0.25, 0.3) is 6.08 Å². The number of ether oxygens (including phenoxy) is 7. The molecule has 3 aromatic rings. The average molecular weight is 662 g/mol. The molecule has 10 nitrogen and oxygen atoms in total. The summed E-state index contributed by atoms with van der Waals surface area (Å²) < 4.78 is 38.4. The lowest BCUT2D eigenvalue weighted by molar-refractivity contribution is 0.104. The van der Waals surface area contributed by atoms with Crippen molar-refractivity contribution >= 4 is 45.4 Å². The van der Waals surface area contributed by atoms with E-state index in [0.717, 1.165) is 11.3 Å². The highest BCUT2D eigenvalue weighted by Gasteiger charge is 2.22. The van der Waals surface area contributed by atoms with Crippen LogP contribution in [0.15, 0.2) is 52.5 Å². The van der Waals surface area contributed by atoms with Gasteiger partial charge in [-0.2, -0.15) is 0 Å². The van der Waals surface area contributed by atoms with Gasteiger partial charge in [0, 0.05) is 35.7 Å². The number of methoxy groups -OCH3 is 7. The predicted molar refractivity (Wildman–Crippen MR) is 168 cm³/mol. The molecule has 0 bridgehead atoms. The number of allylic oxidation sites excluding steroid dienone is 1. The smallest absolute Gasteiger partial charge is 0.204 e. The molecule has 0 radical (unpaired) electrons. The quantitative estimate of drug-likeness (QED) is 0.140. The van der Waals surface area contributed by atoms with Crippen molar-refractivity contribution in [2.75, 3.05) is 55.1 Å². The summed E-state index contributed by atoms with van der Waals surface area (Å²) in [5.74, 6) is 4.29. The molecule has 0 unspecified atom stereocenters. The van der Waals surface area contributed by atoms with Crippen molar-refractivity contribution in [1.82, 2.24) is 4.98 Å². The van der Waals surface area contributed by atoms with E-state index < -0.39 is 0 Å². The lowest BCUT2D eigenvalue weighted by Crippen LogP contribution is -2.04. The molecule has 0 saturated heterocycles. The van der Waals surface area contributed by atoms with Gasteiger partial charge in [0.1, 0.15) is 17.2 Å². The molecule has 42 heavy (non-hydrogen) atoms. The number of hydrogen-bond acceptors (Lipinski definition) is 11. The minimum atomic E-state index is -0.297. The van der Waals surface area contributed by atoms with Gasteiger partial charge in [-0.15, -0.1) is 11.8 Å². The molecule has 0 fully saturated rings. The summed E-state index contributed by atoms with van der Waals surface area (Å²) in [4.78, 5) is 17.7. The molecule has 1 N–H and O–H groups in total. The van der Waals surface area contributed by atoms with Gasteiger partial charge in [-0.05, 0) is 45.6 Å². The first-order valence-electron chi connectivity index (χ1n) is 12.4. The van der Waals surface area contributed by atoms with Crippen LogP contribution in [0.1, 0.15) is 21.6 Å². The molecule has 0 aliphatic heterocycles. The van der Waals surface area contributed by atoms with Gasteiger partial charge in [-0.3, -0.25) is 4.79 Å². The zero-order valence-electron chi connectivity index (χ0n) is 24.4. The van der Waals surface area contributed by atoms with Crippen LogP contribution in [-0.4, -0.2) is 60.5 Å². The Balaban J connectivity index is 1.74. The largest absolute Gasteiger partial charge is 0.496 e. The third kappa shape index (κ3) is 7.62. The van der Waals surface area contributed by atoms with Gasteiger partial charge in [0.2, 0.25) is 5.75 Å². The van der Waals surface area contributed by atoms with Crippen molar-refractivity contribution in [2.24, 2.45) is 0 Å². The molecule has 3 rings (SSSR count). The molecule has 0 spiro atoms. The van der Waals surface area contributed by atoms with E-state index >= 15 is 0 Å². The van der Waals surface area contributed by atoms with Crippen LogP contribution in [0, 0.1) is 0 Å². The maximum absolute atomic E-state index is 13.0. The normalized spacial score (nSPS) is 11.0. The van der Waals surface area contributed by atoms with Crippen LogP contribution >= 0.6 is 27.7 Å². The van der Waals surface area contributed by atoms with E-state index in [-0.39, 0.29) is 5.78 Å². The Hall–Kier alpha value is -4.03. The zero-order valence-corrected chi connectivity index (χ0v) is 26.8. The summed E-state index contributed by atoms with van der Waals surface area (Å²) in [6.45, 7) is 0. The van der Waals surface area contributed by atoms with E-state index in [4.69, 9.17) is 33.2 Å². The number of benzene rings is 2. The van der Waals surface area contributed by atoms with E-state index in [1.165, 1.54) is 33.6 Å². The molecule has 0 saturated carbocycles. The monoisotopic (exact) mass is 660 g/mol. The SMILES string of the molecule is COc1cc(OC)c(/C=C/SCc2ccc(OC)c(N/C=C/C(=O)c3cc(OC)c(OC)c(OC)c3Br)n2)c(OC)c1. The summed E-state index contributed by atoms with van der Waals surface area (Å²) >= 11 is 4.98. The number of anilines is 1. The Labute approximate surface area is 258 Å². The van der Waals surface area contributed by atoms with Crippen LogP contribution in [0.3, 0.4) is 0 Å². The highest BCUT2D eigenvalue weighted by Crippen LogP contribution is 2.45. The lowest BCUT2D eigenvalue weighted by Gasteiger charge is -2.15. The second kappa shape index (κ2) is 15.8. The van der Waals surface area contributed by atoms with Gasteiger partial charge in [-0.1, -0.05) is 0 Å². The Morgan fingerprint density at radius 2 is 1.48 bits per heavy atom. The fraction of sp³-hybridized carbons (Fsp3) is 0.267. The average Bonchev–Trinajstić information content (AvgIpc) is 3.02. The van der Waals surface area contributed by atoms with Crippen molar-refractivity contribution < 1.29 is 38.0 Å². The van der Waals surface area contributed by atoms with Gasteiger partial charge in [0.15, 0.2) is 28.8 Å². The number of hydrogen-bond donors (Lipinski definition) is 1. The van der Waals surface area contributed by atoms with Crippen molar-refractivity contribution in [3.05, 3.63) is 69.3 Å². The first-order valence-corrected chi connectivity index (χ1v) is 14.3. The summed E-state index contributed by atoms with van der Waals surface area (Å²) in [5.41, 5.74) is 1.94. The third-order valence-corrected chi connectivity index (χ3v) is 7.52. The molecule has 224 valence electrons. The maximum Gasteiger partial charge on any atom is 0.204 e. The third-order valence-electron chi connectivity index (χ3n) is 5.94. The van der Waals surface area contributed by atoms with Crippen molar-refractivity contribution in [1.29, 1.82) is 0 Å². The summed E-state index contributed by atoms with van der Waals surface area (Å²) in [6.07, 6.45) is 4.80. The summed E-state index contributed by atoms with van der Waals surface area (Å²) in [7, 11) is 10.8. The van der Waals surface area contributed by atoms with Crippen LogP contribution < -0.4 is 38.5 Å². The Morgan fingerprint density at radius 3 is 2.05 bits per heavy atom. The number of thioether (sulfide) groups is 1. The van der Waals surface area contributed by atoms with Gasteiger partial charge in [-0.25, -0.2) is 4.98 Å². The number of aromatic nitrogens is 1. The number of carbonyl (C=O) groups is 1. The Bertz CT molecular complexity index is 1440. The van der Waals surface area contributed by atoms with Crippen molar-refractivity contribution in [3.8, 4) is 40.2 Å². The predicted octanol–water partition coefficient (Wildman–Crippen LogP) is 6.62. The molecule has 12 heteroatoms. The fourth-order valence-corrected chi connectivity index (χ4v) is 5.18. The standard InChI is InChI=1S/C30H33BrN2O8S/c1-35-19-14-24(37-3)20(25(15-19)38-4)11-13-42-17-18-8-9-23(36-2)30(33-18)32-12-10-22(34)21-16-26(39-5)28(40-6)29(41-7)27(21)31/h8-16H,17H2,1-7H3,(H,32,33)/b12-10+,13-11+. The molecule has 1 heterocycles. The van der Waals surface area contributed by atoms with Gasteiger partial charge < -0.3 is 38.5 Å². The fourth-order valence-electron chi connectivity index (χ4n) is 3.87. The minimum absolute atomic E-state index is 0.297. The van der Waals surface area contributed by atoms with Gasteiger partial charge >= 0.3 is 0 Å². The molecular formula is C30H33BrN2O8S. The minimum Gasteiger partial charge on any atom is -0.496 e. The van der Waals surface area contributed by atoms with Gasteiger partial charge in [0.25, 0.3) is 0 Å². The Kier molecular flexibility index (Phi) is 12.2. The number of ketones is 1. The second-order valence-corrected chi connectivity index (χ2v) is 9.95. The second-order valence-electron chi connectivity index (χ2n) is 8.26. The maximum atomic E-state index is 13.0. The van der Waals surface area contributed by atoms with Crippen molar-refractivity contribution in [2.45, 2.75) is 5.75 Å². The molecule has 1 aromatic heterocycles. The van der Waals surface area contributed by atoms with Crippen molar-refractivity contribution in [3.63, 3.8) is 0 Å². The van der Waals surface area contributed by atoms with E-state index in [1.54, 1.807) is 58.4 Å². The van der Waals surface area contributed by atoms with E-state index in [9.17, 15) is 4.79 Å². The lowest BCUT2D eigenvalue weighted by atomic mass is 10.1. The number of nitrogens with zero attached hydrogens (tertiary/aromatic N) is 1. The first-order chi connectivity index (χ1) is 20.3. The number of carbonyl (C=O) groups excluding carboxylic acids is 1. The summed E-state index contributed by atoms with van der Waals surface area (Å²) in [6, 6.07) is 8.87. The molecule has 0 aliphatic rings. The van der Waals surface area contributed by atoms with Gasteiger partial charge in [0.05, 0.1) is 65.5 Å². The number of nitrogens with one attached hydrogen (secondary N) is 1. The van der Waals surface area contributed by atoms with E-state index in [1.807, 2.05) is 23.6 Å². The highest BCUT2D eigenvalue weighted by molar-refractivity contribution is 9.10. The highest BCUT2D eigenvalue weighted by atomic mass is 79.9. The first kappa shape index (κ1) is 32.5. The van der Waals surface area contributed by atoms with Crippen LogP contribution in [0.4, 0.5) is 5.82 Å². The van der Waals surface area contributed by atoms with Crippen LogP contribution in [-0.2, 0) is 5.75 Å². The Morgan fingerprint density at radius 1 is 0.833 bits per heavy atom. The molecular weight excluding hydrogens is 628 g/mol. The summed E-state index contributed by atoms with van der Waals surface area (Å²) in [5, 5.41) is 4.99. The molecule has 0 aliphatic carbocycles. The molecule has 0 amide bonds. The number of halogens is 1. The number of pyridine rings is 1.